The quantitative estimate of drug-likeness (QED) is 0.292. The van der Waals surface area contributed by atoms with Crippen LogP contribution < -0.4 is 14.5 Å². The minimum Gasteiger partial charge on any atom is -0.497 e. The van der Waals surface area contributed by atoms with Crippen LogP contribution >= 0.6 is 0 Å². The van der Waals surface area contributed by atoms with Crippen LogP contribution in [0, 0.1) is 10.1 Å². The monoisotopic (exact) mass is 468 g/mol. The Labute approximate surface area is 190 Å². The Morgan fingerprint density at radius 3 is 2.42 bits per heavy atom. The second-order valence-corrected chi connectivity index (χ2v) is 8.53. The zero-order chi connectivity index (χ0) is 23.8. The average Bonchev–Trinajstić information content (AvgIpc) is 2.83. The van der Waals surface area contributed by atoms with Gasteiger partial charge in [-0.05, 0) is 48.0 Å². The van der Waals surface area contributed by atoms with Crippen LogP contribution in [-0.2, 0) is 14.8 Å². The number of amides is 1. The van der Waals surface area contributed by atoms with Gasteiger partial charge in [0.1, 0.15) is 12.3 Å². The molecule has 0 bridgehead atoms. The number of methoxy groups -OCH3 is 1. The second-order valence-electron chi connectivity index (χ2n) is 6.67. The Morgan fingerprint density at radius 1 is 1.09 bits per heavy atom. The summed E-state index contributed by atoms with van der Waals surface area (Å²) in [7, 11) is -2.65. The van der Waals surface area contributed by atoms with E-state index in [2.05, 4.69) is 10.5 Å². The summed E-state index contributed by atoms with van der Waals surface area (Å²) in [4.78, 5) is 23.0. The fourth-order valence-corrected chi connectivity index (χ4v) is 4.26. The minimum absolute atomic E-state index is 0.0256. The van der Waals surface area contributed by atoms with Crippen molar-refractivity contribution in [1.82, 2.24) is 5.43 Å². The normalized spacial score (nSPS) is 11.2. The Bertz CT molecular complexity index is 1260. The number of non-ortho nitro benzene ring substituents is 1. The molecule has 170 valence electrons. The summed E-state index contributed by atoms with van der Waals surface area (Å²) in [5.41, 5.74) is 2.63. The van der Waals surface area contributed by atoms with E-state index in [4.69, 9.17) is 4.74 Å². The van der Waals surface area contributed by atoms with E-state index in [1.807, 2.05) is 0 Å². The molecule has 33 heavy (non-hydrogen) atoms. The first kappa shape index (κ1) is 23.4. The number of hydrazone groups is 1. The maximum atomic E-state index is 13.2. The van der Waals surface area contributed by atoms with E-state index in [-0.39, 0.29) is 16.3 Å². The first-order valence-electron chi connectivity index (χ1n) is 9.59. The third kappa shape index (κ3) is 5.92. The van der Waals surface area contributed by atoms with E-state index < -0.39 is 27.4 Å². The van der Waals surface area contributed by atoms with Crippen molar-refractivity contribution in [3.63, 3.8) is 0 Å². The Balaban J connectivity index is 1.84. The summed E-state index contributed by atoms with van der Waals surface area (Å²) in [6.45, 7) is -0.641. The minimum atomic E-state index is -4.19. The maximum Gasteiger partial charge on any atom is 0.271 e. The number of sulfonamides is 1. The van der Waals surface area contributed by atoms with Crippen LogP contribution in [0.25, 0.3) is 0 Å². The molecule has 0 spiro atoms. The van der Waals surface area contributed by atoms with E-state index >= 15 is 0 Å². The number of nitrogens with one attached hydrogen (secondary N) is 1. The summed E-state index contributed by atoms with van der Waals surface area (Å²) in [5.74, 6) is -0.0688. The fraction of sp³-hybridized carbons (Fsp3) is 0.0909. The number of carbonyl (C=O) groups excluding carboxylic acids is 1. The lowest BCUT2D eigenvalue weighted by Crippen LogP contribution is -2.39. The Morgan fingerprint density at radius 2 is 1.79 bits per heavy atom. The van der Waals surface area contributed by atoms with Gasteiger partial charge < -0.3 is 4.74 Å². The van der Waals surface area contributed by atoms with E-state index in [1.165, 1.54) is 48.7 Å². The Kier molecular flexibility index (Phi) is 7.36. The van der Waals surface area contributed by atoms with Crippen LogP contribution in [0.5, 0.6) is 5.75 Å². The maximum absolute atomic E-state index is 13.2. The van der Waals surface area contributed by atoms with Gasteiger partial charge >= 0.3 is 0 Å². The number of benzene rings is 3. The number of nitro groups is 1. The summed E-state index contributed by atoms with van der Waals surface area (Å²) in [6, 6.07) is 19.4. The zero-order valence-electron chi connectivity index (χ0n) is 17.5. The van der Waals surface area contributed by atoms with Crippen LogP contribution in [0.15, 0.2) is 88.9 Å². The van der Waals surface area contributed by atoms with E-state index in [9.17, 15) is 23.3 Å². The lowest BCUT2D eigenvalue weighted by molar-refractivity contribution is -0.384. The van der Waals surface area contributed by atoms with Crippen molar-refractivity contribution in [2.24, 2.45) is 5.10 Å². The van der Waals surface area contributed by atoms with Crippen molar-refractivity contribution in [3.05, 3.63) is 94.5 Å². The van der Waals surface area contributed by atoms with Crippen molar-refractivity contribution in [2.45, 2.75) is 4.90 Å². The van der Waals surface area contributed by atoms with Gasteiger partial charge in [0.2, 0.25) is 0 Å². The number of carbonyl (C=O) groups is 1. The molecular weight excluding hydrogens is 448 g/mol. The highest BCUT2D eigenvalue weighted by Crippen LogP contribution is 2.26. The summed E-state index contributed by atoms with van der Waals surface area (Å²) < 4.78 is 32.3. The van der Waals surface area contributed by atoms with Gasteiger partial charge in [-0.3, -0.25) is 19.2 Å². The molecule has 0 aliphatic carbocycles. The lowest BCUT2D eigenvalue weighted by atomic mass is 10.2. The van der Waals surface area contributed by atoms with Gasteiger partial charge in [0.05, 0.1) is 28.8 Å². The van der Waals surface area contributed by atoms with Crippen LogP contribution in [0.2, 0.25) is 0 Å². The van der Waals surface area contributed by atoms with Crippen LogP contribution in [-0.4, -0.2) is 39.1 Å². The topological polar surface area (TPSA) is 131 Å². The fourth-order valence-electron chi connectivity index (χ4n) is 2.83. The molecule has 3 aromatic rings. The molecular formula is C22H20N4O6S. The molecule has 0 radical (unpaired) electrons. The number of anilines is 1. The molecule has 0 saturated carbocycles. The first-order chi connectivity index (χ1) is 15.8. The van der Waals surface area contributed by atoms with Gasteiger partial charge in [-0.25, -0.2) is 13.8 Å². The van der Waals surface area contributed by atoms with Crippen LogP contribution in [0.3, 0.4) is 0 Å². The van der Waals surface area contributed by atoms with Crippen molar-refractivity contribution < 1.29 is 22.9 Å². The molecule has 0 fully saturated rings. The molecule has 11 heteroatoms. The second kappa shape index (κ2) is 10.4. The van der Waals surface area contributed by atoms with Gasteiger partial charge in [0, 0.05) is 12.1 Å². The number of ether oxygens (including phenoxy) is 1. The zero-order valence-corrected chi connectivity index (χ0v) is 18.3. The number of nitro benzene ring substituents is 1. The van der Waals surface area contributed by atoms with Gasteiger partial charge in [-0.15, -0.1) is 0 Å². The smallest absolute Gasteiger partial charge is 0.271 e. The van der Waals surface area contributed by atoms with Gasteiger partial charge in [-0.2, -0.15) is 5.10 Å². The number of rotatable bonds is 9. The predicted molar refractivity (Wildman–Crippen MR) is 123 cm³/mol. The highest BCUT2D eigenvalue weighted by molar-refractivity contribution is 7.92. The molecule has 0 heterocycles. The molecule has 0 atom stereocenters. The molecule has 0 aromatic heterocycles. The van der Waals surface area contributed by atoms with E-state index in [0.29, 0.717) is 11.3 Å². The van der Waals surface area contributed by atoms with Crippen molar-refractivity contribution in [2.75, 3.05) is 18.0 Å². The molecule has 0 aliphatic heterocycles. The van der Waals surface area contributed by atoms with Gasteiger partial charge in [0.15, 0.2) is 0 Å². The summed E-state index contributed by atoms with van der Waals surface area (Å²) in [5, 5.41) is 15.0. The first-order valence-corrected chi connectivity index (χ1v) is 11.0. The standard InChI is InChI=1S/C22H20N4O6S/c1-32-20-12-10-17(11-13-20)15-23-24-22(27)16-25(18-6-5-7-19(14-18)26(28)29)33(30,31)21-8-3-2-4-9-21/h2-15H,16H2,1H3,(H,24,27)/b23-15-. The molecule has 0 unspecified atom stereocenters. The van der Waals surface area contributed by atoms with Crippen molar-refractivity contribution >= 4 is 33.5 Å². The average molecular weight is 468 g/mol. The number of hydrogen-bond donors (Lipinski definition) is 1. The molecule has 1 N–H and O–H groups in total. The third-order valence-corrected chi connectivity index (χ3v) is 6.25. The summed E-state index contributed by atoms with van der Waals surface area (Å²) in [6.07, 6.45) is 1.39. The van der Waals surface area contributed by atoms with Crippen LogP contribution in [0.1, 0.15) is 5.56 Å². The summed E-state index contributed by atoms with van der Waals surface area (Å²) >= 11 is 0. The van der Waals surface area contributed by atoms with Crippen molar-refractivity contribution in [1.29, 1.82) is 0 Å². The number of hydrogen-bond acceptors (Lipinski definition) is 7. The van der Waals surface area contributed by atoms with Crippen LogP contribution in [0.4, 0.5) is 11.4 Å². The van der Waals surface area contributed by atoms with Gasteiger partial charge in [0.25, 0.3) is 21.6 Å². The molecule has 0 saturated heterocycles. The molecule has 3 aromatic carbocycles. The largest absolute Gasteiger partial charge is 0.497 e. The highest BCUT2D eigenvalue weighted by atomic mass is 32.2. The molecule has 3 rings (SSSR count). The predicted octanol–water partition coefficient (Wildman–Crippen LogP) is 2.95. The molecule has 1 amide bonds. The van der Waals surface area contributed by atoms with Crippen molar-refractivity contribution in [3.8, 4) is 5.75 Å². The molecule has 0 aliphatic rings. The van der Waals surface area contributed by atoms with E-state index in [0.717, 1.165) is 10.4 Å². The SMILES string of the molecule is COc1ccc(/C=N\NC(=O)CN(c2cccc([N+](=O)[O-])c2)S(=O)(=O)c2ccccc2)cc1. The van der Waals surface area contributed by atoms with E-state index in [1.54, 1.807) is 37.4 Å². The van der Waals surface area contributed by atoms with Gasteiger partial charge in [-0.1, -0.05) is 24.3 Å². The molecule has 10 nitrogen and oxygen atoms in total. The lowest BCUT2D eigenvalue weighted by Gasteiger charge is -2.23. The highest BCUT2D eigenvalue weighted by Gasteiger charge is 2.28. The number of nitrogens with zero attached hydrogens (tertiary/aromatic N) is 3. The Hall–Kier alpha value is -4.25. The third-order valence-electron chi connectivity index (χ3n) is 4.47.